The highest BCUT2D eigenvalue weighted by Crippen LogP contribution is 2.55. The Morgan fingerprint density at radius 3 is 2.61 bits per heavy atom. The number of hydrogen-bond acceptors (Lipinski definition) is 2. The molecule has 2 nitrogen and oxygen atoms in total. The molecule has 1 aromatic rings. The van der Waals surface area contributed by atoms with Gasteiger partial charge in [0.2, 0.25) is 0 Å². The van der Waals surface area contributed by atoms with Crippen LogP contribution in [-0.2, 0) is 4.74 Å². The average molecular weight is 244 g/mol. The fraction of sp³-hybridized carbons (Fsp3) is 0.625. The molecule has 0 aromatic heterocycles. The van der Waals surface area contributed by atoms with Crippen molar-refractivity contribution < 1.29 is 9.47 Å². The van der Waals surface area contributed by atoms with Gasteiger partial charge in [0, 0.05) is 5.92 Å². The van der Waals surface area contributed by atoms with Gasteiger partial charge in [-0.1, -0.05) is 17.7 Å². The van der Waals surface area contributed by atoms with Crippen LogP contribution in [0.25, 0.3) is 0 Å². The molecule has 2 bridgehead atoms. The SMILES string of the molecule is Cc1ccc(O[C@@H]2C[C@H]3C[C@@H]2[C@H]2COC[C@H]32)cc1. The first-order valence-electron chi connectivity index (χ1n) is 7.12. The summed E-state index contributed by atoms with van der Waals surface area (Å²) in [4.78, 5) is 0. The molecule has 2 saturated carbocycles. The van der Waals surface area contributed by atoms with E-state index in [1.165, 1.54) is 18.4 Å². The summed E-state index contributed by atoms with van der Waals surface area (Å²) < 4.78 is 11.9. The summed E-state index contributed by atoms with van der Waals surface area (Å²) in [5, 5.41) is 0. The molecule has 4 rings (SSSR count). The summed E-state index contributed by atoms with van der Waals surface area (Å²) >= 11 is 0. The average Bonchev–Trinajstić information content (AvgIpc) is 3.03. The van der Waals surface area contributed by atoms with Crippen molar-refractivity contribution in [3.63, 3.8) is 0 Å². The Labute approximate surface area is 108 Å². The molecule has 0 amide bonds. The van der Waals surface area contributed by atoms with E-state index in [0.717, 1.165) is 42.6 Å². The van der Waals surface area contributed by atoms with E-state index in [9.17, 15) is 0 Å². The summed E-state index contributed by atoms with van der Waals surface area (Å²) in [7, 11) is 0. The summed E-state index contributed by atoms with van der Waals surface area (Å²) in [5.41, 5.74) is 1.29. The van der Waals surface area contributed by atoms with Crippen molar-refractivity contribution in [2.24, 2.45) is 23.7 Å². The number of fused-ring (bicyclic) bond motifs is 5. The number of aryl methyl sites for hydroxylation is 1. The first kappa shape index (κ1) is 10.9. The molecule has 1 saturated heterocycles. The number of ether oxygens (including phenoxy) is 2. The molecule has 0 radical (unpaired) electrons. The molecule has 3 fully saturated rings. The van der Waals surface area contributed by atoms with Gasteiger partial charge in [-0.05, 0) is 49.7 Å². The molecule has 2 aliphatic carbocycles. The van der Waals surface area contributed by atoms with Gasteiger partial charge >= 0.3 is 0 Å². The maximum atomic E-state index is 6.22. The lowest BCUT2D eigenvalue weighted by Gasteiger charge is -2.30. The topological polar surface area (TPSA) is 18.5 Å². The van der Waals surface area contributed by atoms with Crippen LogP contribution in [0.15, 0.2) is 24.3 Å². The number of hydrogen-bond donors (Lipinski definition) is 0. The van der Waals surface area contributed by atoms with Gasteiger partial charge in [-0.15, -0.1) is 0 Å². The van der Waals surface area contributed by atoms with Crippen LogP contribution >= 0.6 is 0 Å². The fourth-order valence-corrected chi connectivity index (χ4v) is 4.31. The summed E-state index contributed by atoms with van der Waals surface area (Å²) in [6, 6.07) is 8.46. The molecule has 5 atom stereocenters. The van der Waals surface area contributed by atoms with E-state index >= 15 is 0 Å². The maximum Gasteiger partial charge on any atom is 0.119 e. The van der Waals surface area contributed by atoms with Gasteiger partial charge in [0.1, 0.15) is 11.9 Å². The van der Waals surface area contributed by atoms with Gasteiger partial charge in [-0.25, -0.2) is 0 Å². The van der Waals surface area contributed by atoms with Crippen LogP contribution < -0.4 is 4.74 Å². The quantitative estimate of drug-likeness (QED) is 0.796. The standard InChI is InChI=1S/C16H20O2/c1-10-2-4-12(5-3-10)18-16-7-11-6-13(16)15-9-17-8-14(11)15/h2-5,11,13-16H,6-9H2,1H3/t11-,13-,14-,15-,16-/m1/s1. The van der Waals surface area contributed by atoms with E-state index in [4.69, 9.17) is 9.47 Å². The molecule has 1 heterocycles. The Bertz CT molecular complexity index is 439. The van der Waals surface area contributed by atoms with Crippen molar-refractivity contribution in [2.45, 2.75) is 25.9 Å². The zero-order chi connectivity index (χ0) is 12.1. The third-order valence-corrected chi connectivity index (χ3v) is 5.22. The lowest BCUT2D eigenvalue weighted by Crippen LogP contribution is -2.34. The van der Waals surface area contributed by atoms with Crippen molar-refractivity contribution in [3.05, 3.63) is 29.8 Å². The molecule has 3 aliphatic rings. The van der Waals surface area contributed by atoms with Crippen LogP contribution in [0, 0.1) is 30.6 Å². The smallest absolute Gasteiger partial charge is 0.119 e. The van der Waals surface area contributed by atoms with E-state index in [0.29, 0.717) is 6.10 Å². The molecule has 0 spiro atoms. The molecule has 18 heavy (non-hydrogen) atoms. The Balaban J connectivity index is 1.49. The molecular weight excluding hydrogens is 224 g/mol. The van der Waals surface area contributed by atoms with Gasteiger partial charge in [0.25, 0.3) is 0 Å². The van der Waals surface area contributed by atoms with Crippen LogP contribution in [-0.4, -0.2) is 19.3 Å². The van der Waals surface area contributed by atoms with Crippen LogP contribution in [0.5, 0.6) is 5.75 Å². The molecular formula is C16H20O2. The lowest BCUT2D eigenvalue weighted by molar-refractivity contribution is 0.0878. The second kappa shape index (κ2) is 3.99. The molecule has 0 unspecified atom stereocenters. The second-order valence-corrected chi connectivity index (χ2v) is 6.23. The predicted molar refractivity (Wildman–Crippen MR) is 69.6 cm³/mol. The van der Waals surface area contributed by atoms with Crippen molar-refractivity contribution in [3.8, 4) is 5.75 Å². The Kier molecular flexibility index (Phi) is 2.41. The van der Waals surface area contributed by atoms with Crippen LogP contribution in [0.2, 0.25) is 0 Å². The van der Waals surface area contributed by atoms with Gasteiger partial charge in [0.15, 0.2) is 0 Å². The Morgan fingerprint density at radius 1 is 1.00 bits per heavy atom. The highest BCUT2D eigenvalue weighted by atomic mass is 16.5. The Hall–Kier alpha value is -1.02. The first-order valence-corrected chi connectivity index (χ1v) is 7.12. The van der Waals surface area contributed by atoms with Crippen molar-refractivity contribution in [2.75, 3.05) is 13.2 Å². The summed E-state index contributed by atoms with van der Waals surface area (Å²) in [6.07, 6.45) is 3.04. The zero-order valence-corrected chi connectivity index (χ0v) is 10.8. The summed E-state index contributed by atoms with van der Waals surface area (Å²) in [6.45, 7) is 4.09. The zero-order valence-electron chi connectivity index (χ0n) is 10.8. The molecule has 96 valence electrons. The fourth-order valence-electron chi connectivity index (χ4n) is 4.31. The molecule has 2 heteroatoms. The number of benzene rings is 1. The maximum absolute atomic E-state index is 6.22. The second-order valence-electron chi connectivity index (χ2n) is 6.23. The monoisotopic (exact) mass is 244 g/mol. The minimum atomic E-state index is 0.431. The minimum absolute atomic E-state index is 0.431. The van der Waals surface area contributed by atoms with Crippen molar-refractivity contribution >= 4 is 0 Å². The van der Waals surface area contributed by atoms with E-state index in [1.54, 1.807) is 0 Å². The lowest BCUT2D eigenvalue weighted by atomic mass is 9.80. The van der Waals surface area contributed by atoms with Gasteiger partial charge in [-0.2, -0.15) is 0 Å². The predicted octanol–water partition coefficient (Wildman–Crippen LogP) is 3.04. The van der Waals surface area contributed by atoms with E-state index < -0.39 is 0 Å². The van der Waals surface area contributed by atoms with Crippen molar-refractivity contribution in [1.29, 1.82) is 0 Å². The van der Waals surface area contributed by atoms with Crippen LogP contribution in [0.1, 0.15) is 18.4 Å². The minimum Gasteiger partial charge on any atom is -0.490 e. The first-order chi connectivity index (χ1) is 8.81. The summed E-state index contributed by atoms with van der Waals surface area (Å²) in [5.74, 6) is 4.25. The Morgan fingerprint density at radius 2 is 1.78 bits per heavy atom. The van der Waals surface area contributed by atoms with Gasteiger partial charge in [-0.3, -0.25) is 0 Å². The largest absolute Gasteiger partial charge is 0.490 e. The van der Waals surface area contributed by atoms with E-state index in [1.807, 2.05) is 0 Å². The van der Waals surface area contributed by atoms with Crippen LogP contribution in [0.3, 0.4) is 0 Å². The normalized spacial score (nSPS) is 41.1. The van der Waals surface area contributed by atoms with E-state index in [2.05, 4.69) is 31.2 Å². The van der Waals surface area contributed by atoms with Gasteiger partial charge < -0.3 is 9.47 Å². The molecule has 1 aromatic carbocycles. The van der Waals surface area contributed by atoms with Gasteiger partial charge in [0.05, 0.1) is 13.2 Å². The molecule has 1 aliphatic heterocycles. The number of rotatable bonds is 2. The highest BCUT2D eigenvalue weighted by molar-refractivity contribution is 5.27. The highest BCUT2D eigenvalue weighted by Gasteiger charge is 2.55. The van der Waals surface area contributed by atoms with Crippen LogP contribution in [0.4, 0.5) is 0 Å². The third-order valence-electron chi connectivity index (χ3n) is 5.22. The van der Waals surface area contributed by atoms with Crippen molar-refractivity contribution in [1.82, 2.24) is 0 Å². The molecule has 0 N–H and O–H groups in total. The van der Waals surface area contributed by atoms with E-state index in [-0.39, 0.29) is 0 Å². The third kappa shape index (κ3) is 1.58.